The molecule has 6 rings (SSSR count). The van der Waals surface area contributed by atoms with Gasteiger partial charge >= 0.3 is 0 Å². The molecular formula is C29H34N4O5S. The van der Waals surface area contributed by atoms with Crippen molar-refractivity contribution in [3.8, 4) is 0 Å². The molecule has 2 saturated heterocycles. The topological polar surface area (TPSA) is 125 Å². The van der Waals surface area contributed by atoms with Crippen LogP contribution in [0.2, 0.25) is 0 Å². The Bertz CT molecular complexity index is 1360. The van der Waals surface area contributed by atoms with Gasteiger partial charge in [-0.15, -0.1) is 11.3 Å². The Hall–Kier alpha value is -3.27. The van der Waals surface area contributed by atoms with Gasteiger partial charge in [0.2, 0.25) is 17.6 Å². The predicted octanol–water partition coefficient (Wildman–Crippen LogP) is 2.45. The van der Waals surface area contributed by atoms with Gasteiger partial charge in [0, 0.05) is 29.7 Å². The van der Waals surface area contributed by atoms with E-state index >= 15 is 0 Å². The van der Waals surface area contributed by atoms with Crippen molar-refractivity contribution < 1.29 is 24.0 Å². The van der Waals surface area contributed by atoms with Crippen LogP contribution in [0.5, 0.6) is 0 Å². The van der Waals surface area contributed by atoms with Crippen LogP contribution in [0.15, 0.2) is 24.3 Å². The quantitative estimate of drug-likeness (QED) is 0.436. The lowest BCUT2D eigenvalue weighted by Crippen LogP contribution is -2.58. The Morgan fingerprint density at radius 2 is 1.92 bits per heavy atom. The van der Waals surface area contributed by atoms with Crippen LogP contribution in [0, 0.1) is 18.3 Å². The number of carbonyl (C=O) groups excluding carboxylic acids is 5. The molecule has 1 unspecified atom stereocenters. The van der Waals surface area contributed by atoms with Gasteiger partial charge in [0.1, 0.15) is 6.04 Å². The maximum atomic E-state index is 13.8. The van der Waals surface area contributed by atoms with Crippen molar-refractivity contribution in [2.24, 2.45) is 11.3 Å². The average Bonchev–Trinajstić information content (AvgIpc) is 3.80. The minimum atomic E-state index is -1.12. The van der Waals surface area contributed by atoms with E-state index in [0.29, 0.717) is 30.8 Å². The molecule has 206 valence electrons. The molecule has 9 nitrogen and oxygen atoms in total. The summed E-state index contributed by atoms with van der Waals surface area (Å²) in [6.07, 6.45) is 5.71. The smallest absolute Gasteiger partial charge is 0.289 e. The number of amides is 4. The molecule has 2 aliphatic carbocycles. The van der Waals surface area contributed by atoms with Crippen LogP contribution < -0.4 is 16.0 Å². The van der Waals surface area contributed by atoms with E-state index in [4.69, 9.17) is 0 Å². The number of fused-ring (bicyclic) bond motifs is 1. The number of piperidine rings is 1. The molecular weight excluding hydrogens is 516 g/mol. The van der Waals surface area contributed by atoms with Gasteiger partial charge in [0.25, 0.3) is 11.8 Å². The number of nitrogens with one attached hydrogen (secondary N) is 3. The van der Waals surface area contributed by atoms with Crippen LogP contribution in [-0.2, 0) is 19.2 Å². The summed E-state index contributed by atoms with van der Waals surface area (Å²) in [6, 6.07) is 6.09. The molecule has 3 heterocycles. The lowest BCUT2D eigenvalue weighted by atomic mass is 9.86. The van der Waals surface area contributed by atoms with Gasteiger partial charge in [0.05, 0.1) is 10.9 Å². The molecule has 0 bridgehead atoms. The van der Waals surface area contributed by atoms with Crippen molar-refractivity contribution in [1.82, 2.24) is 20.9 Å². The van der Waals surface area contributed by atoms with Gasteiger partial charge < -0.3 is 20.9 Å². The molecule has 1 spiro atoms. The number of benzene rings is 1. The van der Waals surface area contributed by atoms with Crippen LogP contribution in [0.1, 0.15) is 66.6 Å². The maximum Gasteiger partial charge on any atom is 0.289 e. The standard InChI is InChI=1S/C29H34N4O5S/c1-16-2-3-17-14-23(39-22(17)12-16)28(38)33-11-9-29(7-8-29)15-21(33)26(36)32-20(13-18-6-10-30-25(18)35)24(34)27(37)31-19-4-5-19/h2-3,12,14,18-21H,4-11,13,15H2,1H3,(H,30,35)(H,31,37)(H,32,36)/t18-,20?,21-/m0/s1. The molecule has 4 amide bonds. The number of carbonyl (C=O) groups is 5. The zero-order valence-corrected chi connectivity index (χ0v) is 22.9. The molecule has 10 heteroatoms. The Morgan fingerprint density at radius 1 is 1.13 bits per heavy atom. The normalized spacial score (nSPS) is 24.3. The molecule has 2 saturated carbocycles. The lowest BCUT2D eigenvalue weighted by Gasteiger charge is -2.39. The fraction of sp³-hybridized carbons (Fsp3) is 0.552. The first-order chi connectivity index (χ1) is 18.7. The van der Waals surface area contributed by atoms with Crippen molar-refractivity contribution >= 4 is 50.8 Å². The maximum absolute atomic E-state index is 13.8. The average molecular weight is 551 g/mol. The first-order valence-corrected chi connectivity index (χ1v) is 14.8. The minimum Gasteiger partial charge on any atom is -0.356 e. The van der Waals surface area contributed by atoms with Crippen molar-refractivity contribution in [3.05, 3.63) is 34.7 Å². The lowest BCUT2D eigenvalue weighted by molar-refractivity contribution is -0.141. The number of aryl methyl sites for hydroxylation is 1. The van der Waals surface area contributed by atoms with Gasteiger partial charge in [-0.05, 0) is 86.8 Å². The minimum absolute atomic E-state index is 0.00106. The molecule has 39 heavy (non-hydrogen) atoms. The third-order valence-corrected chi connectivity index (χ3v) is 9.83. The van der Waals surface area contributed by atoms with Crippen LogP contribution in [-0.4, -0.2) is 65.5 Å². The number of ketones is 1. The third kappa shape index (κ3) is 5.44. The van der Waals surface area contributed by atoms with E-state index < -0.39 is 35.6 Å². The van der Waals surface area contributed by atoms with Gasteiger partial charge in [0.15, 0.2) is 0 Å². The van der Waals surface area contributed by atoms with Crippen molar-refractivity contribution in [2.45, 2.75) is 76.4 Å². The molecule has 2 aliphatic heterocycles. The molecule has 0 radical (unpaired) electrons. The molecule has 3 N–H and O–H groups in total. The highest BCUT2D eigenvalue weighted by atomic mass is 32.1. The molecule has 4 fully saturated rings. The van der Waals surface area contributed by atoms with Gasteiger partial charge in [-0.3, -0.25) is 24.0 Å². The summed E-state index contributed by atoms with van der Waals surface area (Å²) in [5.41, 5.74) is 1.18. The van der Waals surface area contributed by atoms with Gasteiger partial charge in [-0.2, -0.15) is 0 Å². The monoisotopic (exact) mass is 550 g/mol. The number of thiophene rings is 1. The third-order valence-electron chi connectivity index (χ3n) is 8.74. The highest BCUT2D eigenvalue weighted by Gasteiger charge is 2.51. The second-order valence-electron chi connectivity index (χ2n) is 11.8. The number of likely N-dealkylation sites (tertiary alicyclic amines) is 1. The van der Waals surface area contributed by atoms with Crippen molar-refractivity contribution in [1.29, 1.82) is 0 Å². The van der Waals surface area contributed by atoms with E-state index in [1.807, 2.05) is 25.1 Å². The van der Waals surface area contributed by atoms with E-state index in [-0.39, 0.29) is 29.7 Å². The van der Waals surface area contributed by atoms with Crippen LogP contribution >= 0.6 is 11.3 Å². The van der Waals surface area contributed by atoms with E-state index in [9.17, 15) is 24.0 Å². The zero-order chi connectivity index (χ0) is 27.3. The number of Topliss-reactive ketones (excluding diaryl/α,β-unsaturated/α-hetero) is 1. The van der Waals surface area contributed by atoms with E-state index in [2.05, 4.69) is 22.0 Å². The summed E-state index contributed by atoms with van der Waals surface area (Å²) in [6.45, 7) is 2.99. The van der Waals surface area contributed by atoms with E-state index in [1.165, 1.54) is 11.3 Å². The Morgan fingerprint density at radius 3 is 2.62 bits per heavy atom. The first kappa shape index (κ1) is 26.0. The van der Waals surface area contributed by atoms with Gasteiger partial charge in [-0.25, -0.2) is 0 Å². The van der Waals surface area contributed by atoms with Crippen molar-refractivity contribution in [2.75, 3.05) is 13.1 Å². The molecule has 1 aromatic heterocycles. The summed E-state index contributed by atoms with van der Waals surface area (Å²) in [5.74, 6) is -2.69. The molecule has 2 aromatic rings. The second-order valence-corrected chi connectivity index (χ2v) is 12.9. The van der Waals surface area contributed by atoms with E-state index in [0.717, 1.165) is 47.8 Å². The number of rotatable bonds is 8. The van der Waals surface area contributed by atoms with Gasteiger partial charge in [-0.1, -0.05) is 12.1 Å². The predicted molar refractivity (Wildman–Crippen MR) is 146 cm³/mol. The van der Waals surface area contributed by atoms with Crippen molar-refractivity contribution in [3.63, 3.8) is 0 Å². The second kappa shape index (κ2) is 10.0. The number of hydrogen-bond donors (Lipinski definition) is 3. The number of hydrogen-bond acceptors (Lipinski definition) is 6. The molecule has 1 aromatic carbocycles. The zero-order valence-electron chi connectivity index (χ0n) is 22.1. The Kier molecular flexibility index (Phi) is 6.69. The first-order valence-electron chi connectivity index (χ1n) is 14.0. The summed E-state index contributed by atoms with van der Waals surface area (Å²) in [4.78, 5) is 67.9. The molecule has 4 aliphatic rings. The SMILES string of the molecule is Cc1ccc2cc(C(=O)N3CCC4(CC4)C[C@H]3C(=O)NC(C[C@@H]3CCNC3=O)C(=O)C(=O)NC3CC3)sc2c1. The fourth-order valence-corrected chi connectivity index (χ4v) is 7.04. The highest BCUT2D eigenvalue weighted by molar-refractivity contribution is 7.20. The number of nitrogens with zero attached hydrogens (tertiary/aromatic N) is 1. The highest BCUT2D eigenvalue weighted by Crippen LogP contribution is 2.55. The van der Waals surface area contributed by atoms with E-state index in [1.54, 1.807) is 4.90 Å². The largest absolute Gasteiger partial charge is 0.356 e. The van der Waals surface area contributed by atoms with Crippen LogP contribution in [0.4, 0.5) is 0 Å². The summed E-state index contributed by atoms with van der Waals surface area (Å²) < 4.78 is 1.03. The summed E-state index contributed by atoms with van der Waals surface area (Å²) in [7, 11) is 0. The Labute approximate surface area is 231 Å². The van der Waals surface area contributed by atoms with Crippen LogP contribution in [0.25, 0.3) is 10.1 Å². The summed E-state index contributed by atoms with van der Waals surface area (Å²) in [5, 5.41) is 9.29. The Balaban J connectivity index is 1.23. The van der Waals surface area contributed by atoms with Crippen LogP contribution in [0.3, 0.4) is 0 Å². The molecule has 3 atom stereocenters. The fourth-order valence-electron chi connectivity index (χ4n) is 5.93. The summed E-state index contributed by atoms with van der Waals surface area (Å²) >= 11 is 1.42.